The molecule has 0 N–H and O–H groups in total. The van der Waals surface area contributed by atoms with E-state index in [1.54, 1.807) is 19.1 Å². The summed E-state index contributed by atoms with van der Waals surface area (Å²) in [4.78, 5) is 23.2. The van der Waals surface area contributed by atoms with Crippen LogP contribution in [0.2, 0.25) is 0 Å². The number of hydrogen-bond donors (Lipinski definition) is 0. The lowest BCUT2D eigenvalue weighted by Crippen LogP contribution is -2.08. The molecule has 0 saturated carbocycles. The topological polar surface area (TPSA) is 52.6 Å². The van der Waals surface area contributed by atoms with Gasteiger partial charge in [0.15, 0.2) is 5.78 Å². The lowest BCUT2D eigenvalue weighted by Gasteiger charge is -2.07. The summed E-state index contributed by atoms with van der Waals surface area (Å²) in [5.74, 6) is 0.399. The van der Waals surface area contributed by atoms with Crippen molar-refractivity contribution in [3.05, 3.63) is 29.8 Å². The van der Waals surface area contributed by atoms with Gasteiger partial charge in [-0.05, 0) is 37.6 Å². The highest BCUT2D eigenvalue weighted by atomic mass is 16.5. The predicted molar refractivity (Wildman–Crippen MR) is 90.9 cm³/mol. The number of Topliss-reactive ketones (excluding diaryl/α,β-unsaturated/α-hetero) is 1. The fourth-order valence-electron chi connectivity index (χ4n) is 2.23. The van der Waals surface area contributed by atoms with Gasteiger partial charge in [0.25, 0.3) is 0 Å². The molecule has 1 aromatic carbocycles. The molecule has 4 heteroatoms. The van der Waals surface area contributed by atoms with Gasteiger partial charge in [0.05, 0.1) is 19.6 Å². The number of ether oxygens (including phenoxy) is 2. The van der Waals surface area contributed by atoms with Crippen LogP contribution < -0.4 is 4.74 Å². The Labute approximate surface area is 139 Å². The van der Waals surface area contributed by atoms with Gasteiger partial charge < -0.3 is 9.47 Å². The molecule has 0 bridgehead atoms. The molecule has 0 spiro atoms. The molecule has 1 rings (SSSR count). The molecule has 0 aromatic heterocycles. The minimum absolute atomic E-state index is 0.0517. The molecule has 0 radical (unpaired) electrons. The molecule has 0 aliphatic carbocycles. The Morgan fingerprint density at radius 1 is 0.913 bits per heavy atom. The summed E-state index contributed by atoms with van der Waals surface area (Å²) in [6.45, 7) is 5.01. The van der Waals surface area contributed by atoms with Gasteiger partial charge in [0.2, 0.25) is 0 Å². The molecule has 0 aliphatic rings. The van der Waals surface area contributed by atoms with Crippen LogP contribution in [0.25, 0.3) is 0 Å². The third kappa shape index (κ3) is 8.38. The second-order valence-electron chi connectivity index (χ2n) is 5.52. The van der Waals surface area contributed by atoms with E-state index in [1.165, 1.54) is 25.7 Å². The highest BCUT2D eigenvalue weighted by Crippen LogP contribution is 2.15. The SMILES string of the molecule is CCCCCCCOc1ccc(C(=O)CCC(=O)OCC)cc1. The summed E-state index contributed by atoms with van der Waals surface area (Å²) >= 11 is 0. The van der Waals surface area contributed by atoms with Gasteiger partial charge in [-0.25, -0.2) is 0 Å². The first-order valence-electron chi connectivity index (χ1n) is 8.59. The number of carbonyl (C=O) groups excluding carboxylic acids is 2. The molecule has 1 aromatic rings. The fourth-order valence-corrected chi connectivity index (χ4v) is 2.23. The number of hydrogen-bond acceptors (Lipinski definition) is 4. The molecule has 0 saturated heterocycles. The highest BCUT2D eigenvalue weighted by Gasteiger charge is 2.10. The Bertz CT molecular complexity index is 465. The lowest BCUT2D eigenvalue weighted by atomic mass is 10.1. The van der Waals surface area contributed by atoms with Gasteiger partial charge in [-0.2, -0.15) is 0 Å². The summed E-state index contributed by atoms with van der Waals surface area (Å²) < 4.78 is 10.5. The summed E-state index contributed by atoms with van der Waals surface area (Å²) in [5.41, 5.74) is 0.601. The molecule has 23 heavy (non-hydrogen) atoms. The van der Waals surface area contributed by atoms with Crippen molar-refractivity contribution >= 4 is 11.8 Å². The molecule has 0 aliphatic heterocycles. The van der Waals surface area contributed by atoms with Crippen molar-refractivity contribution < 1.29 is 19.1 Å². The Balaban J connectivity index is 2.29. The van der Waals surface area contributed by atoms with E-state index in [-0.39, 0.29) is 24.6 Å². The third-order valence-electron chi connectivity index (χ3n) is 3.55. The maximum absolute atomic E-state index is 12.0. The van der Waals surface area contributed by atoms with E-state index in [0.717, 1.165) is 12.2 Å². The fraction of sp³-hybridized carbons (Fsp3) is 0.579. The molecule has 4 nitrogen and oxygen atoms in total. The number of benzene rings is 1. The van der Waals surface area contributed by atoms with Crippen LogP contribution in [0.15, 0.2) is 24.3 Å². The van der Waals surface area contributed by atoms with Crippen LogP contribution >= 0.6 is 0 Å². The molecular weight excluding hydrogens is 292 g/mol. The van der Waals surface area contributed by atoms with Crippen LogP contribution in [0.5, 0.6) is 5.75 Å². The van der Waals surface area contributed by atoms with Gasteiger partial charge >= 0.3 is 5.97 Å². The van der Waals surface area contributed by atoms with Gasteiger partial charge in [-0.3, -0.25) is 9.59 Å². The van der Waals surface area contributed by atoms with E-state index in [1.807, 2.05) is 12.1 Å². The van der Waals surface area contributed by atoms with E-state index >= 15 is 0 Å². The Morgan fingerprint density at radius 3 is 2.26 bits per heavy atom. The average Bonchev–Trinajstić information content (AvgIpc) is 2.56. The van der Waals surface area contributed by atoms with Crippen LogP contribution in [0.1, 0.15) is 69.2 Å². The summed E-state index contributed by atoms with van der Waals surface area (Å²) in [7, 11) is 0. The Kier molecular flexibility index (Phi) is 9.76. The largest absolute Gasteiger partial charge is 0.494 e. The van der Waals surface area contributed by atoms with E-state index in [2.05, 4.69) is 6.92 Å². The predicted octanol–water partition coefficient (Wildman–Crippen LogP) is 4.56. The molecule has 128 valence electrons. The molecule has 0 unspecified atom stereocenters. The number of ketones is 1. The van der Waals surface area contributed by atoms with Crippen LogP contribution in [-0.4, -0.2) is 25.0 Å². The quantitative estimate of drug-likeness (QED) is 0.322. The van der Waals surface area contributed by atoms with Crippen molar-refractivity contribution in [2.75, 3.05) is 13.2 Å². The van der Waals surface area contributed by atoms with Crippen molar-refractivity contribution in [3.8, 4) is 5.75 Å². The maximum Gasteiger partial charge on any atom is 0.306 e. The van der Waals surface area contributed by atoms with Crippen LogP contribution in [0.3, 0.4) is 0 Å². The van der Waals surface area contributed by atoms with E-state index < -0.39 is 0 Å². The Hall–Kier alpha value is -1.84. The van der Waals surface area contributed by atoms with Crippen molar-refractivity contribution in [1.29, 1.82) is 0 Å². The molecule has 0 atom stereocenters. The average molecular weight is 320 g/mol. The number of unbranched alkanes of at least 4 members (excludes halogenated alkanes) is 4. The second kappa shape index (κ2) is 11.7. The third-order valence-corrected chi connectivity index (χ3v) is 3.55. The zero-order valence-corrected chi connectivity index (χ0v) is 14.3. The monoisotopic (exact) mass is 320 g/mol. The number of esters is 1. The van der Waals surface area contributed by atoms with Gasteiger partial charge in [-0.1, -0.05) is 32.6 Å². The summed E-state index contributed by atoms with van der Waals surface area (Å²) in [6.07, 6.45) is 6.33. The highest BCUT2D eigenvalue weighted by molar-refractivity contribution is 5.97. The normalized spacial score (nSPS) is 10.3. The maximum atomic E-state index is 12.0. The molecular formula is C19H28O4. The van der Waals surface area contributed by atoms with Crippen molar-refractivity contribution in [3.63, 3.8) is 0 Å². The molecule has 0 heterocycles. The van der Waals surface area contributed by atoms with Gasteiger partial charge in [-0.15, -0.1) is 0 Å². The van der Waals surface area contributed by atoms with Crippen LogP contribution in [0.4, 0.5) is 0 Å². The first-order chi connectivity index (χ1) is 11.2. The zero-order valence-electron chi connectivity index (χ0n) is 14.3. The van der Waals surface area contributed by atoms with Crippen LogP contribution in [-0.2, 0) is 9.53 Å². The number of carbonyl (C=O) groups is 2. The smallest absolute Gasteiger partial charge is 0.306 e. The van der Waals surface area contributed by atoms with Crippen molar-refractivity contribution in [2.24, 2.45) is 0 Å². The first-order valence-corrected chi connectivity index (χ1v) is 8.59. The van der Waals surface area contributed by atoms with E-state index in [4.69, 9.17) is 9.47 Å². The van der Waals surface area contributed by atoms with Gasteiger partial charge in [0, 0.05) is 12.0 Å². The Morgan fingerprint density at radius 2 is 1.61 bits per heavy atom. The molecule has 0 fully saturated rings. The lowest BCUT2D eigenvalue weighted by molar-refractivity contribution is -0.143. The van der Waals surface area contributed by atoms with Gasteiger partial charge in [0.1, 0.15) is 5.75 Å². The summed E-state index contributed by atoms with van der Waals surface area (Å²) in [6, 6.07) is 7.12. The first kappa shape index (κ1) is 19.2. The minimum Gasteiger partial charge on any atom is -0.494 e. The van der Waals surface area contributed by atoms with Crippen LogP contribution in [0, 0.1) is 0 Å². The van der Waals surface area contributed by atoms with E-state index in [9.17, 15) is 9.59 Å². The van der Waals surface area contributed by atoms with Crippen molar-refractivity contribution in [1.82, 2.24) is 0 Å². The molecule has 0 amide bonds. The zero-order chi connectivity index (χ0) is 16.9. The minimum atomic E-state index is -0.330. The second-order valence-corrected chi connectivity index (χ2v) is 5.52. The van der Waals surface area contributed by atoms with E-state index in [0.29, 0.717) is 18.8 Å². The summed E-state index contributed by atoms with van der Waals surface area (Å²) in [5, 5.41) is 0. The van der Waals surface area contributed by atoms with Crippen molar-refractivity contribution in [2.45, 2.75) is 58.8 Å². The standard InChI is InChI=1S/C19H28O4/c1-3-5-6-7-8-15-23-17-11-9-16(10-12-17)18(20)13-14-19(21)22-4-2/h9-12H,3-8,13-15H2,1-2H3. The number of rotatable bonds is 12.